The van der Waals surface area contributed by atoms with Gasteiger partial charge in [0.1, 0.15) is 15.6 Å². The lowest BCUT2D eigenvalue weighted by molar-refractivity contribution is -0.124. The largest absolute Gasteiger partial charge is 0.451 e. The molecule has 1 aromatic heterocycles. The Bertz CT molecular complexity index is 862. The molecule has 0 fully saturated rings. The quantitative estimate of drug-likeness (QED) is 0.690. The molecule has 1 amide bonds. The Morgan fingerprint density at radius 2 is 1.88 bits per heavy atom. The summed E-state index contributed by atoms with van der Waals surface area (Å²) in [6.07, 6.45) is 0.487. The van der Waals surface area contributed by atoms with Crippen LogP contribution in [-0.4, -0.2) is 33.4 Å². The summed E-state index contributed by atoms with van der Waals surface area (Å²) in [6, 6.07) is 7.05. The summed E-state index contributed by atoms with van der Waals surface area (Å²) in [6.45, 7) is -0.270. The van der Waals surface area contributed by atoms with Crippen LogP contribution in [0.3, 0.4) is 0 Å². The van der Waals surface area contributed by atoms with E-state index in [4.69, 9.17) is 9.88 Å². The molecule has 2 rings (SSSR count). The Balaban J connectivity index is 1.79. The van der Waals surface area contributed by atoms with Gasteiger partial charge in [-0.3, -0.25) is 4.79 Å². The van der Waals surface area contributed by atoms with Crippen molar-refractivity contribution in [1.82, 2.24) is 5.32 Å². The predicted molar refractivity (Wildman–Crippen MR) is 89.1 cm³/mol. The van der Waals surface area contributed by atoms with Gasteiger partial charge >= 0.3 is 5.97 Å². The molecule has 7 nitrogen and oxygen atoms in total. The van der Waals surface area contributed by atoms with E-state index in [1.54, 1.807) is 12.1 Å². The van der Waals surface area contributed by atoms with E-state index in [2.05, 4.69) is 5.32 Å². The molecule has 0 aliphatic carbocycles. The highest BCUT2D eigenvalue weighted by molar-refractivity contribution is 7.89. The van der Waals surface area contributed by atoms with Crippen LogP contribution in [-0.2, 0) is 26.0 Å². The maximum absolute atomic E-state index is 12.8. The number of nitrogens with one attached hydrogen (secondary N) is 1. The fourth-order valence-corrected chi connectivity index (χ4v) is 3.77. The summed E-state index contributed by atoms with van der Waals surface area (Å²) in [7, 11) is -4.04. The molecule has 2 aromatic rings. The minimum atomic E-state index is -4.04. The molecule has 1 aromatic carbocycles. The molecule has 0 unspecified atom stereocenters. The topological polar surface area (TPSA) is 116 Å². The standard InChI is InChI=1S/C15H15FN2O5S2/c16-11-3-1-10(2-4-11)5-7-18-13(19)9-23-15(20)14-12(6-8-24-14)25(17,21)22/h1-4,6,8H,5,7,9H2,(H,18,19)(H2,17,21,22). The van der Waals surface area contributed by atoms with Gasteiger partial charge in [0, 0.05) is 6.54 Å². The number of primary sulfonamides is 1. The number of rotatable bonds is 7. The first-order valence-corrected chi connectivity index (χ1v) is 9.48. The van der Waals surface area contributed by atoms with E-state index < -0.39 is 28.5 Å². The van der Waals surface area contributed by atoms with Gasteiger partial charge in [-0.25, -0.2) is 22.7 Å². The van der Waals surface area contributed by atoms with Crippen LogP contribution in [0.5, 0.6) is 0 Å². The van der Waals surface area contributed by atoms with Crippen molar-refractivity contribution in [3.63, 3.8) is 0 Å². The van der Waals surface area contributed by atoms with Crippen LogP contribution in [0.1, 0.15) is 15.2 Å². The number of sulfonamides is 1. The SMILES string of the molecule is NS(=O)(=O)c1ccsc1C(=O)OCC(=O)NCCc1ccc(F)cc1. The van der Waals surface area contributed by atoms with Gasteiger partial charge in [0.2, 0.25) is 10.0 Å². The zero-order valence-electron chi connectivity index (χ0n) is 12.9. The van der Waals surface area contributed by atoms with Crippen molar-refractivity contribution in [2.24, 2.45) is 5.14 Å². The fourth-order valence-electron chi connectivity index (χ4n) is 1.92. The highest BCUT2D eigenvalue weighted by Gasteiger charge is 2.22. The van der Waals surface area contributed by atoms with Gasteiger partial charge in [-0.1, -0.05) is 12.1 Å². The molecule has 0 saturated carbocycles. The Kier molecular flexibility index (Phi) is 6.23. The van der Waals surface area contributed by atoms with Crippen LogP contribution in [0.25, 0.3) is 0 Å². The molecule has 0 radical (unpaired) electrons. The Labute approximate surface area is 147 Å². The molecule has 0 saturated heterocycles. The van der Waals surface area contributed by atoms with Crippen molar-refractivity contribution in [2.75, 3.05) is 13.2 Å². The molecule has 0 aliphatic rings. The summed E-state index contributed by atoms with van der Waals surface area (Å²) >= 11 is 0.856. The average Bonchev–Trinajstić information content (AvgIpc) is 3.04. The third kappa shape index (κ3) is 5.62. The predicted octanol–water partition coefficient (Wildman–Crippen LogP) is 1.05. The molecule has 134 valence electrons. The van der Waals surface area contributed by atoms with Crippen molar-refractivity contribution in [2.45, 2.75) is 11.3 Å². The molecule has 0 aliphatic heterocycles. The van der Waals surface area contributed by atoms with Crippen molar-refractivity contribution < 1.29 is 27.1 Å². The molecule has 3 N–H and O–H groups in total. The molecular formula is C15H15FN2O5S2. The van der Waals surface area contributed by atoms with E-state index in [1.165, 1.54) is 23.6 Å². The fraction of sp³-hybridized carbons (Fsp3) is 0.200. The van der Waals surface area contributed by atoms with Crippen molar-refractivity contribution in [1.29, 1.82) is 0 Å². The Morgan fingerprint density at radius 3 is 2.52 bits per heavy atom. The molecule has 0 bridgehead atoms. The first-order valence-electron chi connectivity index (χ1n) is 7.06. The number of hydrogen-bond acceptors (Lipinski definition) is 6. The molecule has 0 spiro atoms. The lowest BCUT2D eigenvalue weighted by Crippen LogP contribution is -2.30. The van der Waals surface area contributed by atoms with E-state index in [0.29, 0.717) is 6.42 Å². The van der Waals surface area contributed by atoms with E-state index in [0.717, 1.165) is 16.9 Å². The third-order valence-corrected chi connectivity index (χ3v) is 5.08. The summed E-state index contributed by atoms with van der Waals surface area (Å²) < 4.78 is 40.2. The maximum atomic E-state index is 12.8. The monoisotopic (exact) mass is 386 g/mol. The van der Waals surface area contributed by atoms with E-state index in [-0.39, 0.29) is 22.1 Å². The van der Waals surface area contributed by atoms with Crippen LogP contribution in [0.4, 0.5) is 4.39 Å². The van der Waals surface area contributed by atoms with Crippen LogP contribution in [0, 0.1) is 5.82 Å². The van der Waals surface area contributed by atoms with Crippen LogP contribution in [0.2, 0.25) is 0 Å². The van der Waals surface area contributed by atoms with Crippen molar-refractivity contribution in [3.8, 4) is 0 Å². The van der Waals surface area contributed by atoms with Crippen molar-refractivity contribution in [3.05, 3.63) is 52.0 Å². The minimum Gasteiger partial charge on any atom is -0.451 e. The number of hydrogen-bond donors (Lipinski definition) is 2. The molecule has 0 atom stereocenters. The summed E-state index contributed by atoms with van der Waals surface area (Å²) in [5.74, 6) is -1.82. The normalized spacial score (nSPS) is 11.1. The van der Waals surface area contributed by atoms with Crippen LogP contribution < -0.4 is 10.5 Å². The zero-order chi connectivity index (χ0) is 18.4. The van der Waals surface area contributed by atoms with E-state index in [9.17, 15) is 22.4 Å². The second kappa shape index (κ2) is 8.19. The number of thiophene rings is 1. The Hall–Kier alpha value is -2.30. The number of carbonyl (C=O) groups is 2. The van der Waals surface area contributed by atoms with Gasteiger partial charge in [0.15, 0.2) is 6.61 Å². The molecule has 10 heteroatoms. The molecule has 1 heterocycles. The number of ether oxygens (including phenoxy) is 1. The first-order chi connectivity index (χ1) is 11.8. The lowest BCUT2D eigenvalue weighted by atomic mass is 10.1. The smallest absolute Gasteiger partial charge is 0.350 e. The number of nitrogens with two attached hydrogens (primary N) is 1. The van der Waals surface area contributed by atoms with Crippen LogP contribution in [0.15, 0.2) is 40.6 Å². The van der Waals surface area contributed by atoms with Gasteiger partial charge in [-0.2, -0.15) is 0 Å². The Morgan fingerprint density at radius 1 is 1.20 bits per heavy atom. The number of amides is 1. The van der Waals surface area contributed by atoms with Gasteiger partial charge in [0.05, 0.1) is 0 Å². The highest BCUT2D eigenvalue weighted by atomic mass is 32.2. The van der Waals surface area contributed by atoms with Gasteiger partial charge in [-0.15, -0.1) is 11.3 Å². The van der Waals surface area contributed by atoms with Crippen molar-refractivity contribution >= 4 is 33.2 Å². The van der Waals surface area contributed by atoms with Crippen LogP contribution >= 0.6 is 11.3 Å². The lowest BCUT2D eigenvalue weighted by Gasteiger charge is -2.07. The minimum absolute atomic E-state index is 0.179. The third-order valence-electron chi connectivity index (χ3n) is 3.10. The number of halogens is 1. The highest BCUT2D eigenvalue weighted by Crippen LogP contribution is 2.21. The summed E-state index contributed by atoms with van der Waals surface area (Å²) in [4.78, 5) is 23.0. The maximum Gasteiger partial charge on any atom is 0.350 e. The number of carbonyl (C=O) groups excluding carboxylic acids is 2. The summed E-state index contributed by atoms with van der Waals surface area (Å²) in [5, 5.41) is 8.92. The summed E-state index contributed by atoms with van der Waals surface area (Å²) in [5.41, 5.74) is 0.843. The molecule has 25 heavy (non-hydrogen) atoms. The first kappa shape index (κ1) is 19.0. The number of benzene rings is 1. The van der Waals surface area contributed by atoms with E-state index in [1.807, 2.05) is 0 Å². The molecular weight excluding hydrogens is 371 g/mol. The zero-order valence-corrected chi connectivity index (χ0v) is 14.5. The van der Waals surface area contributed by atoms with Gasteiger partial charge in [-0.05, 0) is 35.6 Å². The number of esters is 1. The average molecular weight is 386 g/mol. The second-order valence-corrected chi connectivity index (χ2v) is 7.41. The second-order valence-electron chi connectivity index (χ2n) is 4.96. The van der Waals surface area contributed by atoms with E-state index >= 15 is 0 Å². The van der Waals surface area contributed by atoms with Gasteiger partial charge in [0.25, 0.3) is 5.91 Å². The van der Waals surface area contributed by atoms with Gasteiger partial charge < -0.3 is 10.1 Å².